The first-order chi connectivity index (χ1) is 9.62. The van der Waals surface area contributed by atoms with E-state index >= 15 is 0 Å². The lowest BCUT2D eigenvalue weighted by Crippen LogP contribution is -2.06. The molecule has 0 saturated carbocycles. The summed E-state index contributed by atoms with van der Waals surface area (Å²) in [6.07, 6.45) is 0.903. The zero-order valence-electron chi connectivity index (χ0n) is 12.7. The third-order valence-electron chi connectivity index (χ3n) is 3.22. The molecule has 20 heavy (non-hydrogen) atoms. The van der Waals surface area contributed by atoms with Gasteiger partial charge in [0.1, 0.15) is 5.75 Å². The zero-order chi connectivity index (χ0) is 14.5. The number of aryl methyl sites for hydroxylation is 3. The molecule has 0 saturated heterocycles. The minimum absolute atomic E-state index is 0.670. The molecule has 0 fully saturated rings. The average Bonchev–Trinajstić information content (AvgIpc) is 2.43. The summed E-state index contributed by atoms with van der Waals surface area (Å²) in [6, 6.07) is 10.3. The van der Waals surface area contributed by atoms with Gasteiger partial charge in [0.25, 0.3) is 0 Å². The van der Waals surface area contributed by atoms with Crippen LogP contribution in [0, 0.1) is 13.8 Å². The monoisotopic (exact) mass is 270 g/mol. The molecule has 1 aromatic carbocycles. The van der Waals surface area contributed by atoms with E-state index < -0.39 is 0 Å². The molecule has 3 nitrogen and oxygen atoms in total. The van der Waals surface area contributed by atoms with Crippen LogP contribution < -0.4 is 10.1 Å². The summed E-state index contributed by atoms with van der Waals surface area (Å²) in [6.45, 7) is 7.04. The Morgan fingerprint density at radius 1 is 1.15 bits per heavy atom. The van der Waals surface area contributed by atoms with E-state index in [1.54, 1.807) is 0 Å². The lowest BCUT2D eigenvalue weighted by Gasteiger charge is -2.11. The van der Waals surface area contributed by atoms with Crippen LogP contribution in [-0.2, 0) is 13.0 Å². The van der Waals surface area contributed by atoms with E-state index in [1.165, 1.54) is 11.1 Å². The Hall–Kier alpha value is -1.87. The third-order valence-corrected chi connectivity index (χ3v) is 3.22. The van der Waals surface area contributed by atoms with Crippen LogP contribution in [-0.4, -0.2) is 12.0 Å². The number of pyridine rings is 1. The van der Waals surface area contributed by atoms with Gasteiger partial charge < -0.3 is 10.1 Å². The van der Waals surface area contributed by atoms with Gasteiger partial charge in [-0.15, -0.1) is 0 Å². The van der Waals surface area contributed by atoms with E-state index in [4.69, 9.17) is 4.74 Å². The van der Waals surface area contributed by atoms with Gasteiger partial charge in [-0.05, 0) is 56.1 Å². The van der Waals surface area contributed by atoms with Gasteiger partial charge in [-0.1, -0.05) is 19.1 Å². The predicted octanol–water partition coefficient (Wildman–Crippen LogP) is 3.77. The number of hydrogen-bond donors (Lipinski definition) is 1. The summed E-state index contributed by atoms with van der Waals surface area (Å²) in [5.41, 5.74) is 4.56. The maximum absolute atomic E-state index is 5.98. The van der Waals surface area contributed by atoms with Crippen molar-refractivity contribution in [3.05, 3.63) is 52.7 Å². The maximum Gasteiger partial charge on any atom is 0.219 e. The summed E-state index contributed by atoms with van der Waals surface area (Å²) >= 11 is 0. The molecule has 0 aliphatic rings. The van der Waals surface area contributed by atoms with Crippen LogP contribution in [0.1, 0.15) is 29.3 Å². The quantitative estimate of drug-likeness (QED) is 0.898. The van der Waals surface area contributed by atoms with Crippen molar-refractivity contribution in [2.45, 2.75) is 33.7 Å². The highest BCUT2D eigenvalue weighted by molar-refractivity contribution is 5.39. The first-order valence-electron chi connectivity index (χ1n) is 7.02. The molecule has 2 rings (SSSR count). The summed E-state index contributed by atoms with van der Waals surface area (Å²) < 4.78 is 5.98. The second-order valence-corrected chi connectivity index (χ2v) is 5.06. The maximum atomic E-state index is 5.98. The number of rotatable bonds is 5. The Labute approximate surface area is 121 Å². The van der Waals surface area contributed by atoms with Gasteiger partial charge in [0.2, 0.25) is 5.88 Å². The van der Waals surface area contributed by atoms with Crippen LogP contribution in [0.3, 0.4) is 0 Å². The number of aromatic nitrogens is 1. The largest absolute Gasteiger partial charge is 0.439 e. The number of benzene rings is 1. The molecular formula is C17H22N2O. The fourth-order valence-electron chi connectivity index (χ4n) is 2.09. The Kier molecular flexibility index (Phi) is 4.74. The van der Waals surface area contributed by atoms with Crippen LogP contribution in [0.5, 0.6) is 11.6 Å². The van der Waals surface area contributed by atoms with Crippen LogP contribution in [0.2, 0.25) is 0 Å². The van der Waals surface area contributed by atoms with E-state index in [1.807, 2.05) is 26.1 Å². The van der Waals surface area contributed by atoms with E-state index in [0.29, 0.717) is 5.88 Å². The predicted molar refractivity (Wildman–Crippen MR) is 82.4 cm³/mol. The summed E-state index contributed by atoms with van der Waals surface area (Å²) in [7, 11) is 1.94. The highest BCUT2D eigenvalue weighted by Gasteiger charge is 2.06. The molecule has 0 aliphatic heterocycles. The van der Waals surface area contributed by atoms with Gasteiger partial charge in [0.05, 0.1) is 0 Å². The summed E-state index contributed by atoms with van der Waals surface area (Å²) in [4.78, 5) is 4.55. The van der Waals surface area contributed by atoms with Gasteiger partial charge in [-0.3, -0.25) is 0 Å². The normalized spacial score (nSPS) is 10.6. The minimum atomic E-state index is 0.670. The van der Waals surface area contributed by atoms with E-state index in [2.05, 4.69) is 42.3 Å². The minimum Gasteiger partial charge on any atom is -0.439 e. The van der Waals surface area contributed by atoms with Gasteiger partial charge in [-0.25, -0.2) is 4.98 Å². The summed E-state index contributed by atoms with van der Waals surface area (Å²) in [5, 5.41) is 3.16. The number of nitrogens with one attached hydrogen (secondary N) is 1. The van der Waals surface area contributed by atoms with Crippen molar-refractivity contribution in [1.82, 2.24) is 10.3 Å². The lowest BCUT2D eigenvalue weighted by molar-refractivity contribution is 0.456. The molecule has 1 N–H and O–H groups in total. The van der Waals surface area contributed by atoms with Gasteiger partial charge in [-0.2, -0.15) is 0 Å². The zero-order valence-corrected chi connectivity index (χ0v) is 12.7. The first-order valence-corrected chi connectivity index (χ1v) is 7.02. The van der Waals surface area contributed by atoms with Crippen molar-refractivity contribution in [1.29, 1.82) is 0 Å². The Balaban J connectivity index is 2.32. The van der Waals surface area contributed by atoms with E-state index in [9.17, 15) is 0 Å². The molecule has 1 heterocycles. The molecule has 0 bridgehead atoms. The van der Waals surface area contributed by atoms with Crippen molar-refractivity contribution >= 4 is 0 Å². The highest BCUT2D eigenvalue weighted by Crippen LogP contribution is 2.25. The van der Waals surface area contributed by atoms with Crippen molar-refractivity contribution < 1.29 is 4.74 Å². The van der Waals surface area contributed by atoms with E-state index in [0.717, 1.165) is 30.0 Å². The van der Waals surface area contributed by atoms with Crippen LogP contribution in [0.15, 0.2) is 30.3 Å². The smallest absolute Gasteiger partial charge is 0.219 e. The SMILES string of the molecule is CCc1cc(CNC)cc(Oc2cc(C)ccc2C)n1. The van der Waals surface area contributed by atoms with Crippen molar-refractivity contribution in [3.8, 4) is 11.6 Å². The molecule has 0 amide bonds. The van der Waals surface area contributed by atoms with Crippen LogP contribution >= 0.6 is 0 Å². The number of hydrogen-bond acceptors (Lipinski definition) is 3. The molecule has 0 aliphatic carbocycles. The fourth-order valence-corrected chi connectivity index (χ4v) is 2.09. The number of nitrogens with zero attached hydrogens (tertiary/aromatic N) is 1. The Bertz CT molecular complexity index is 594. The topological polar surface area (TPSA) is 34.1 Å². The van der Waals surface area contributed by atoms with Crippen molar-refractivity contribution in [3.63, 3.8) is 0 Å². The second-order valence-electron chi connectivity index (χ2n) is 5.06. The molecule has 0 spiro atoms. The lowest BCUT2D eigenvalue weighted by atomic mass is 10.1. The molecule has 1 aromatic heterocycles. The third kappa shape index (κ3) is 3.58. The standard InChI is InChI=1S/C17H22N2O/c1-5-15-9-14(11-18-4)10-17(19-15)20-16-8-12(2)6-7-13(16)3/h6-10,18H,5,11H2,1-4H3. The van der Waals surface area contributed by atoms with Crippen molar-refractivity contribution in [2.75, 3.05) is 7.05 Å². The Morgan fingerprint density at radius 3 is 2.65 bits per heavy atom. The molecule has 0 atom stereocenters. The van der Waals surface area contributed by atoms with Crippen LogP contribution in [0.4, 0.5) is 0 Å². The van der Waals surface area contributed by atoms with Gasteiger partial charge in [0, 0.05) is 18.3 Å². The van der Waals surface area contributed by atoms with Gasteiger partial charge in [0.15, 0.2) is 0 Å². The second kappa shape index (κ2) is 6.53. The summed E-state index contributed by atoms with van der Waals surface area (Å²) in [5.74, 6) is 1.55. The van der Waals surface area contributed by atoms with Crippen LogP contribution in [0.25, 0.3) is 0 Å². The highest BCUT2D eigenvalue weighted by atomic mass is 16.5. The average molecular weight is 270 g/mol. The molecule has 3 heteroatoms. The number of ether oxygens (including phenoxy) is 1. The molecule has 0 radical (unpaired) electrons. The first kappa shape index (κ1) is 14.5. The molecule has 106 valence electrons. The van der Waals surface area contributed by atoms with E-state index in [-0.39, 0.29) is 0 Å². The molecule has 0 unspecified atom stereocenters. The fraction of sp³-hybridized carbons (Fsp3) is 0.353. The van der Waals surface area contributed by atoms with Crippen molar-refractivity contribution in [2.24, 2.45) is 0 Å². The molecular weight excluding hydrogens is 248 g/mol. The Morgan fingerprint density at radius 2 is 1.95 bits per heavy atom. The van der Waals surface area contributed by atoms with Gasteiger partial charge >= 0.3 is 0 Å². The molecule has 2 aromatic rings.